The van der Waals surface area contributed by atoms with Gasteiger partial charge < -0.3 is 9.88 Å². The molecule has 0 radical (unpaired) electrons. The summed E-state index contributed by atoms with van der Waals surface area (Å²) < 4.78 is 13.3. The predicted octanol–water partition coefficient (Wildman–Crippen LogP) is 2.27. The van der Waals surface area contributed by atoms with Gasteiger partial charge in [0.25, 0.3) is 5.56 Å². The molecule has 1 N–H and O–H groups in total. The van der Waals surface area contributed by atoms with E-state index in [9.17, 15) is 9.18 Å². The van der Waals surface area contributed by atoms with E-state index >= 15 is 0 Å². The second-order valence-corrected chi connectivity index (χ2v) is 5.18. The number of hydrogen-bond donors (Lipinski definition) is 1. The maximum atomic E-state index is 13.3. The first-order valence-electron chi connectivity index (χ1n) is 6.67. The number of nitrogens with one attached hydrogen (secondary N) is 1. The van der Waals surface area contributed by atoms with Crippen molar-refractivity contribution in [3.8, 4) is 11.4 Å². The number of rotatable bonds is 1. The number of aryl methyl sites for hydroxylation is 2. The maximum Gasteiger partial charge on any atom is 0.287 e. The van der Waals surface area contributed by atoms with Gasteiger partial charge in [-0.05, 0) is 43.5 Å². The Hall–Kier alpha value is -2.17. The quantitative estimate of drug-likeness (QED) is 0.867. The summed E-state index contributed by atoms with van der Waals surface area (Å²) in [4.78, 5) is 20.3. The van der Waals surface area contributed by atoms with E-state index in [1.54, 1.807) is 0 Å². The van der Waals surface area contributed by atoms with Crippen LogP contribution in [0.3, 0.4) is 0 Å². The van der Waals surface area contributed by atoms with Gasteiger partial charge >= 0.3 is 0 Å². The van der Waals surface area contributed by atoms with Crippen LogP contribution in [0.5, 0.6) is 0 Å². The van der Waals surface area contributed by atoms with Crippen molar-refractivity contribution in [2.24, 2.45) is 0 Å². The molecule has 20 heavy (non-hydrogen) atoms. The molecule has 3 rings (SSSR count). The van der Waals surface area contributed by atoms with Gasteiger partial charge in [0.05, 0.1) is 5.69 Å². The molecule has 0 spiro atoms. The van der Waals surface area contributed by atoms with Gasteiger partial charge in [0.2, 0.25) is 5.82 Å². The van der Waals surface area contributed by atoms with Gasteiger partial charge in [-0.2, -0.15) is 4.39 Å². The minimum atomic E-state index is -0.813. The summed E-state index contributed by atoms with van der Waals surface area (Å²) in [5.41, 5.74) is 2.67. The molecular weight excluding hydrogens is 257 g/mol. The highest BCUT2D eigenvalue weighted by molar-refractivity contribution is 5.65. The fourth-order valence-corrected chi connectivity index (χ4v) is 2.64. The van der Waals surface area contributed by atoms with Crippen molar-refractivity contribution in [3.05, 3.63) is 45.6 Å². The summed E-state index contributed by atoms with van der Waals surface area (Å²) in [6.07, 6.45) is 2.12. The van der Waals surface area contributed by atoms with Crippen molar-refractivity contribution in [2.75, 3.05) is 18.5 Å². The number of benzene rings is 1. The van der Waals surface area contributed by atoms with Crippen LogP contribution < -0.4 is 10.5 Å². The Balaban J connectivity index is 2.10. The van der Waals surface area contributed by atoms with E-state index in [-0.39, 0.29) is 5.69 Å². The molecule has 1 aromatic carbocycles. The summed E-state index contributed by atoms with van der Waals surface area (Å²) in [6.45, 7) is 2.55. The molecule has 0 saturated carbocycles. The summed E-state index contributed by atoms with van der Waals surface area (Å²) in [6, 6.07) is 5.97. The topological polar surface area (TPSA) is 49.0 Å². The van der Waals surface area contributed by atoms with Crippen molar-refractivity contribution in [2.45, 2.75) is 19.8 Å². The number of halogens is 1. The van der Waals surface area contributed by atoms with Gasteiger partial charge in [-0.1, -0.05) is 0 Å². The van der Waals surface area contributed by atoms with Crippen molar-refractivity contribution < 1.29 is 4.39 Å². The lowest BCUT2D eigenvalue weighted by molar-refractivity contribution is 0.589. The fourth-order valence-electron chi connectivity index (χ4n) is 2.64. The van der Waals surface area contributed by atoms with Crippen LogP contribution in [0.2, 0.25) is 0 Å². The average Bonchev–Trinajstić information content (AvgIpc) is 2.44. The molecule has 0 aliphatic carbocycles. The van der Waals surface area contributed by atoms with Gasteiger partial charge in [-0.25, -0.2) is 4.98 Å². The third-order valence-electron chi connectivity index (χ3n) is 3.73. The van der Waals surface area contributed by atoms with Crippen molar-refractivity contribution >= 4 is 5.69 Å². The lowest BCUT2D eigenvalue weighted by Crippen LogP contribution is -2.24. The van der Waals surface area contributed by atoms with Gasteiger partial charge in [-0.3, -0.25) is 4.79 Å². The Morgan fingerprint density at radius 2 is 2.20 bits per heavy atom. The van der Waals surface area contributed by atoms with Crippen LogP contribution in [0.15, 0.2) is 23.0 Å². The molecule has 0 fully saturated rings. The third kappa shape index (κ3) is 2.09. The number of anilines is 1. The molecule has 0 unspecified atom stereocenters. The molecule has 0 saturated heterocycles. The van der Waals surface area contributed by atoms with Crippen LogP contribution >= 0.6 is 0 Å². The number of H-pyrrole nitrogens is 1. The zero-order chi connectivity index (χ0) is 14.3. The van der Waals surface area contributed by atoms with E-state index in [1.165, 1.54) is 18.2 Å². The van der Waals surface area contributed by atoms with E-state index in [2.05, 4.69) is 21.9 Å². The van der Waals surface area contributed by atoms with Crippen LogP contribution in [0.4, 0.5) is 10.1 Å². The highest BCUT2D eigenvalue weighted by Crippen LogP contribution is 2.29. The van der Waals surface area contributed by atoms with Crippen LogP contribution in [0.1, 0.15) is 17.7 Å². The Kier molecular flexibility index (Phi) is 3.04. The monoisotopic (exact) mass is 273 g/mol. The molecule has 1 aliphatic rings. The highest BCUT2D eigenvalue weighted by Gasteiger charge is 2.15. The minimum Gasteiger partial charge on any atom is -0.374 e. The van der Waals surface area contributed by atoms with E-state index in [1.807, 2.05) is 18.2 Å². The summed E-state index contributed by atoms with van der Waals surface area (Å²) >= 11 is 0. The molecule has 2 heterocycles. The molecule has 104 valence electrons. The molecule has 5 heteroatoms. The van der Waals surface area contributed by atoms with Crippen molar-refractivity contribution in [1.29, 1.82) is 0 Å². The van der Waals surface area contributed by atoms with Crippen LogP contribution in [0, 0.1) is 12.7 Å². The lowest BCUT2D eigenvalue weighted by atomic mass is 9.99. The zero-order valence-corrected chi connectivity index (χ0v) is 11.5. The third-order valence-corrected chi connectivity index (χ3v) is 3.73. The van der Waals surface area contributed by atoms with Gasteiger partial charge in [0, 0.05) is 24.8 Å². The van der Waals surface area contributed by atoms with Gasteiger partial charge in [0.1, 0.15) is 5.82 Å². The SMILES string of the molecule is Cc1nc(-c2ccc3c(c2)CCCN3C)[nH]c(=O)c1F. The first-order chi connectivity index (χ1) is 9.56. The highest BCUT2D eigenvalue weighted by atomic mass is 19.1. The predicted molar refractivity (Wildman–Crippen MR) is 76.6 cm³/mol. The van der Waals surface area contributed by atoms with E-state index in [0.29, 0.717) is 5.82 Å². The largest absolute Gasteiger partial charge is 0.374 e. The van der Waals surface area contributed by atoms with E-state index in [4.69, 9.17) is 0 Å². The summed E-state index contributed by atoms with van der Waals surface area (Å²) in [5.74, 6) is -0.392. The molecular formula is C15H16FN3O. The van der Waals surface area contributed by atoms with Gasteiger partial charge in [0.15, 0.2) is 0 Å². The van der Waals surface area contributed by atoms with Crippen molar-refractivity contribution in [1.82, 2.24) is 9.97 Å². The smallest absolute Gasteiger partial charge is 0.287 e. The van der Waals surface area contributed by atoms with E-state index in [0.717, 1.165) is 24.9 Å². The normalized spacial score (nSPS) is 14.2. The minimum absolute atomic E-state index is 0.124. The Morgan fingerprint density at radius 3 is 2.95 bits per heavy atom. The van der Waals surface area contributed by atoms with Crippen LogP contribution in [0.25, 0.3) is 11.4 Å². The number of aromatic amines is 1. The zero-order valence-electron chi connectivity index (χ0n) is 11.5. The number of nitrogens with zero attached hydrogens (tertiary/aromatic N) is 2. The summed E-state index contributed by atoms with van der Waals surface area (Å²) in [7, 11) is 2.07. The second kappa shape index (κ2) is 4.74. The standard InChI is InChI=1S/C15H16FN3O/c1-9-13(16)15(20)18-14(17-9)11-5-6-12-10(8-11)4-3-7-19(12)2/h5-6,8H,3-4,7H2,1-2H3,(H,17,18,20). The van der Waals surface area contributed by atoms with Crippen LogP contribution in [-0.2, 0) is 6.42 Å². The number of hydrogen-bond acceptors (Lipinski definition) is 3. The molecule has 4 nitrogen and oxygen atoms in total. The Labute approximate surface area is 116 Å². The number of aromatic nitrogens is 2. The molecule has 0 bridgehead atoms. The first kappa shape index (κ1) is 12.8. The van der Waals surface area contributed by atoms with Crippen LogP contribution in [-0.4, -0.2) is 23.6 Å². The fraction of sp³-hybridized carbons (Fsp3) is 0.333. The average molecular weight is 273 g/mol. The Morgan fingerprint density at radius 1 is 1.40 bits per heavy atom. The first-order valence-corrected chi connectivity index (χ1v) is 6.67. The maximum absolute atomic E-state index is 13.3. The molecule has 1 aromatic heterocycles. The molecule has 1 aliphatic heterocycles. The van der Waals surface area contributed by atoms with Crippen molar-refractivity contribution in [3.63, 3.8) is 0 Å². The van der Waals surface area contributed by atoms with Gasteiger partial charge in [-0.15, -0.1) is 0 Å². The van der Waals surface area contributed by atoms with E-state index < -0.39 is 11.4 Å². The summed E-state index contributed by atoms with van der Waals surface area (Å²) in [5, 5.41) is 0. The second-order valence-electron chi connectivity index (χ2n) is 5.18. The number of fused-ring (bicyclic) bond motifs is 1. The Bertz CT molecular complexity index is 724. The molecule has 0 amide bonds. The molecule has 0 atom stereocenters. The lowest BCUT2D eigenvalue weighted by Gasteiger charge is -2.27. The molecule has 2 aromatic rings.